The molecule has 2 aromatic heterocycles. The fraction of sp³-hybridized carbons (Fsp3) is 0.118. The zero-order chi connectivity index (χ0) is 15.0. The molecule has 0 saturated heterocycles. The Balaban J connectivity index is 0.000000636. The molecular formula is C17H14N2O2. The Morgan fingerprint density at radius 1 is 0.857 bits per heavy atom. The average Bonchev–Trinajstić information content (AvgIpc) is 2.94. The van der Waals surface area contributed by atoms with Crippen molar-refractivity contribution < 1.29 is 9.59 Å². The monoisotopic (exact) mass is 278 g/mol. The van der Waals surface area contributed by atoms with Crippen LogP contribution in [0, 0.1) is 0 Å². The van der Waals surface area contributed by atoms with Crippen LogP contribution in [0.3, 0.4) is 0 Å². The summed E-state index contributed by atoms with van der Waals surface area (Å²) in [5, 5.41) is 0. The first-order valence-electron chi connectivity index (χ1n) is 6.93. The van der Waals surface area contributed by atoms with Gasteiger partial charge in [0.05, 0.1) is 0 Å². The quantitative estimate of drug-likeness (QED) is 0.496. The summed E-state index contributed by atoms with van der Waals surface area (Å²) in [6.45, 7) is 4.00. The van der Waals surface area contributed by atoms with E-state index in [9.17, 15) is 9.59 Å². The third-order valence-corrected chi connectivity index (χ3v) is 3.38. The van der Waals surface area contributed by atoms with E-state index in [4.69, 9.17) is 0 Å². The Bertz CT molecular complexity index is 862. The molecule has 0 amide bonds. The van der Waals surface area contributed by atoms with Crippen molar-refractivity contribution in [3.05, 3.63) is 71.2 Å². The second-order valence-electron chi connectivity index (χ2n) is 4.44. The third kappa shape index (κ3) is 1.80. The van der Waals surface area contributed by atoms with Crippen LogP contribution < -0.4 is 0 Å². The maximum atomic E-state index is 12.5. The number of imidazole rings is 1. The Morgan fingerprint density at radius 2 is 1.48 bits per heavy atom. The molecule has 4 nitrogen and oxygen atoms in total. The van der Waals surface area contributed by atoms with Crippen LogP contribution in [-0.2, 0) is 0 Å². The van der Waals surface area contributed by atoms with Gasteiger partial charge >= 0.3 is 0 Å². The van der Waals surface area contributed by atoms with Gasteiger partial charge in [-0.2, -0.15) is 0 Å². The van der Waals surface area contributed by atoms with Crippen LogP contribution >= 0.6 is 0 Å². The Labute approximate surface area is 122 Å². The molecule has 1 aromatic carbocycles. The van der Waals surface area contributed by atoms with E-state index in [1.165, 1.54) is 0 Å². The lowest BCUT2D eigenvalue weighted by Crippen LogP contribution is -2.21. The van der Waals surface area contributed by atoms with Gasteiger partial charge in [0.25, 0.3) is 0 Å². The van der Waals surface area contributed by atoms with Crippen LogP contribution in [0.25, 0.3) is 5.65 Å². The van der Waals surface area contributed by atoms with Gasteiger partial charge in [0.15, 0.2) is 0 Å². The van der Waals surface area contributed by atoms with Gasteiger partial charge in [-0.15, -0.1) is 0 Å². The molecule has 0 N–H and O–H groups in total. The molecule has 4 rings (SSSR count). The van der Waals surface area contributed by atoms with Crippen molar-refractivity contribution in [1.82, 2.24) is 9.38 Å². The number of nitrogens with zero attached hydrogens (tertiary/aromatic N) is 2. The van der Waals surface area contributed by atoms with Crippen molar-refractivity contribution in [2.75, 3.05) is 0 Å². The third-order valence-electron chi connectivity index (χ3n) is 3.38. The lowest BCUT2D eigenvalue weighted by Gasteiger charge is -2.13. The average molecular weight is 278 g/mol. The number of rotatable bonds is 0. The van der Waals surface area contributed by atoms with E-state index in [-0.39, 0.29) is 17.3 Å². The first-order chi connectivity index (χ1) is 10.3. The highest BCUT2D eigenvalue weighted by Crippen LogP contribution is 2.27. The van der Waals surface area contributed by atoms with Crippen LogP contribution in [0.2, 0.25) is 0 Å². The topological polar surface area (TPSA) is 51.4 Å². The fourth-order valence-electron chi connectivity index (χ4n) is 2.51. The summed E-state index contributed by atoms with van der Waals surface area (Å²) in [5.41, 5.74) is 2.10. The summed E-state index contributed by atoms with van der Waals surface area (Å²) in [6.07, 6.45) is 1.75. The number of ketones is 2. The maximum Gasteiger partial charge on any atom is 0.214 e. The molecule has 3 aromatic rings. The number of fused-ring (bicyclic) bond motifs is 4. The number of pyridine rings is 1. The smallest absolute Gasteiger partial charge is 0.214 e. The van der Waals surface area contributed by atoms with E-state index in [0.29, 0.717) is 22.5 Å². The molecular weight excluding hydrogens is 264 g/mol. The van der Waals surface area contributed by atoms with Gasteiger partial charge in [-0.05, 0) is 12.1 Å². The Morgan fingerprint density at radius 3 is 2.19 bits per heavy atom. The summed E-state index contributed by atoms with van der Waals surface area (Å²) in [4.78, 5) is 29.2. The predicted octanol–water partition coefficient (Wildman–Crippen LogP) is 3.14. The number of hydrogen-bond acceptors (Lipinski definition) is 3. The molecule has 0 bridgehead atoms. The van der Waals surface area contributed by atoms with Gasteiger partial charge < -0.3 is 0 Å². The van der Waals surface area contributed by atoms with Crippen molar-refractivity contribution in [2.45, 2.75) is 13.8 Å². The SMILES string of the molecule is CC.O=C1c2ccccc2C(=O)c2c1nc1ccccn21. The zero-order valence-corrected chi connectivity index (χ0v) is 11.8. The number of carbonyl (C=O) groups is 2. The molecule has 1 aliphatic carbocycles. The zero-order valence-electron chi connectivity index (χ0n) is 11.8. The Kier molecular flexibility index (Phi) is 3.14. The molecule has 0 radical (unpaired) electrons. The van der Waals surface area contributed by atoms with E-state index in [1.807, 2.05) is 26.0 Å². The first kappa shape index (κ1) is 13.2. The largest absolute Gasteiger partial charge is 0.296 e. The summed E-state index contributed by atoms with van der Waals surface area (Å²) in [7, 11) is 0. The van der Waals surface area contributed by atoms with Crippen molar-refractivity contribution in [3.63, 3.8) is 0 Å². The van der Waals surface area contributed by atoms with Gasteiger partial charge in [0, 0.05) is 17.3 Å². The molecule has 104 valence electrons. The lowest BCUT2D eigenvalue weighted by atomic mass is 9.90. The van der Waals surface area contributed by atoms with Crippen LogP contribution in [0.5, 0.6) is 0 Å². The lowest BCUT2D eigenvalue weighted by molar-refractivity contribution is 0.0973. The molecule has 0 aliphatic heterocycles. The van der Waals surface area contributed by atoms with E-state index in [1.54, 1.807) is 40.9 Å². The minimum atomic E-state index is -0.186. The van der Waals surface area contributed by atoms with Crippen molar-refractivity contribution in [2.24, 2.45) is 0 Å². The molecule has 0 fully saturated rings. The molecule has 2 heterocycles. The highest BCUT2D eigenvalue weighted by molar-refractivity contribution is 6.27. The predicted molar refractivity (Wildman–Crippen MR) is 79.8 cm³/mol. The molecule has 21 heavy (non-hydrogen) atoms. The van der Waals surface area contributed by atoms with Gasteiger partial charge in [-0.1, -0.05) is 44.2 Å². The molecule has 0 spiro atoms. The van der Waals surface area contributed by atoms with Crippen LogP contribution in [0.4, 0.5) is 0 Å². The van der Waals surface area contributed by atoms with E-state index in [0.717, 1.165) is 0 Å². The van der Waals surface area contributed by atoms with Gasteiger partial charge in [-0.3, -0.25) is 14.0 Å². The summed E-state index contributed by atoms with van der Waals surface area (Å²) < 4.78 is 1.67. The summed E-state index contributed by atoms with van der Waals surface area (Å²) in [5.74, 6) is -0.335. The van der Waals surface area contributed by atoms with E-state index < -0.39 is 0 Å². The minimum absolute atomic E-state index is 0.149. The van der Waals surface area contributed by atoms with Crippen LogP contribution in [-0.4, -0.2) is 21.0 Å². The second kappa shape index (κ2) is 4.98. The second-order valence-corrected chi connectivity index (χ2v) is 4.44. The highest BCUT2D eigenvalue weighted by Gasteiger charge is 2.33. The number of aromatic nitrogens is 2. The van der Waals surface area contributed by atoms with Gasteiger partial charge in [-0.25, -0.2) is 4.98 Å². The highest BCUT2D eigenvalue weighted by atomic mass is 16.1. The fourth-order valence-corrected chi connectivity index (χ4v) is 2.51. The summed E-state index contributed by atoms with van der Waals surface area (Å²) >= 11 is 0. The van der Waals surface area contributed by atoms with Crippen LogP contribution in [0.15, 0.2) is 48.7 Å². The molecule has 1 aliphatic rings. The molecule has 0 unspecified atom stereocenters. The summed E-state index contributed by atoms with van der Waals surface area (Å²) in [6, 6.07) is 12.3. The normalized spacial score (nSPS) is 12.5. The van der Waals surface area contributed by atoms with Gasteiger partial charge in [0.1, 0.15) is 17.0 Å². The van der Waals surface area contributed by atoms with Crippen molar-refractivity contribution in [1.29, 1.82) is 0 Å². The standard InChI is InChI=1S/C15H8N2O2.C2H6/c18-14-9-5-1-2-6-10(9)15(19)13-12(14)16-11-7-3-4-8-17(11)13;1-2/h1-8H;1-2H3. The first-order valence-corrected chi connectivity index (χ1v) is 6.93. The van der Waals surface area contributed by atoms with E-state index in [2.05, 4.69) is 4.98 Å². The number of benzene rings is 1. The van der Waals surface area contributed by atoms with Gasteiger partial charge in [0.2, 0.25) is 11.6 Å². The molecule has 0 saturated carbocycles. The minimum Gasteiger partial charge on any atom is -0.296 e. The molecule has 4 heteroatoms. The van der Waals surface area contributed by atoms with Crippen molar-refractivity contribution >= 4 is 17.2 Å². The van der Waals surface area contributed by atoms with Crippen LogP contribution in [0.1, 0.15) is 46.0 Å². The maximum absolute atomic E-state index is 12.5. The Hall–Kier alpha value is -2.75. The van der Waals surface area contributed by atoms with Crippen molar-refractivity contribution in [3.8, 4) is 0 Å². The molecule has 0 atom stereocenters. The number of carbonyl (C=O) groups excluding carboxylic acids is 2. The van der Waals surface area contributed by atoms with E-state index >= 15 is 0 Å². The number of hydrogen-bond donors (Lipinski definition) is 0.